The fourth-order valence-corrected chi connectivity index (χ4v) is 10.5. The van der Waals surface area contributed by atoms with Crippen molar-refractivity contribution >= 4 is 67.7 Å². The Kier molecular flexibility index (Phi) is 13.9. The minimum Gasteiger partial charge on any atom is -0.477 e. The molecule has 24 nitrogen and oxygen atoms in total. The number of anilines is 3. The Balaban J connectivity index is 0.000000132. The summed E-state index contributed by atoms with van der Waals surface area (Å²) in [6, 6.07) is 3.38. The van der Waals surface area contributed by atoms with Gasteiger partial charge in [-0.25, -0.2) is 27.6 Å². The maximum absolute atomic E-state index is 15.0. The lowest BCUT2D eigenvalue weighted by Gasteiger charge is -2.37. The van der Waals surface area contributed by atoms with E-state index in [1.54, 1.807) is 50.2 Å². The number of benzene rings is 3. The smallest absolute Gasteiger partial charge is 0.341 e. The summed E-state index contributed by atoms with van der Waals surface area (Å²) in [5.41, 5.74) is -1.18. The van der Waals surface area contributed by atoms with Gasteiger partial charge in [-0.05, 0) is 39.3 Å². The molecule has 0 amide bonds. The number of rotatable bonds is 6. The summed E-state index contributed by atoms with van der Waals surface area (Å²) in [5.74, 6) is -4.89. The Morgan fingerprint density at radius 2 is 0.641 bits per heavy atom. The molecule has 9 heterocycles. The number of hydrogen-bond donors (Lipinski definition) is 3. The molecule has 0 radical (unpaired) electrons. The van der Waals surface area contributed by atoms with Gasteiger partial charge in [0.25, 0.3) is 0 Å². The van der Waals surface area contributed by atoms with Crippen LogP contribution in [0.3, 0.4) is 0 Å². The minimum absolute atomic E-state index is 0.00169. The summed E-state index contributed by atoms with van der Waals surface area (Å²) < 4.78 is 66.9. The molecule has 0 bridgehead atoms. The highest BCUT2D eigenvalue weighted by Crippen LogP contribution is 2.43. The highest BCUT2D eigenvalue weighted by molar-refractivity contribution is 6.00. The van der Waals surface area contributed by atoms with Crippen molar-refractivity contribution in [3.63, 3.8) is 0 Å². The van der Waals surface area contributed by atoms with Crippen molar-refractivity contribution in [1.29, 1.82) is 0 Å². The fraction of sp³-hybridized carbons (Fsp3) is 0.412. The third-order valence-corrected chi connectivity index (χ3v) is 14.9. The average Bonchev–Trinajstić information content (AvgIpc) is 3.41. The maximum atomic E-state index is 15.0. The third kappa shape index (κ3) is 9.18. The summed E-state index contributed by atoms with van der Waals surface area (Å²) in [4.78, 5) is 84.1. The van der Waals surface area contributed by atoms with Gasteiger partial charge in [-0.1, -0.05) is 0 Å². The number of nitrogens with zero attached hydrogens (tertiary/aromatic N) is 12. The van der Waals surface area contributed by atoms with Gasteiger partial charge in [-0.3, -0.25) is 43.4 Å². The first-order valence-electron chi connectivity index (χ1n) is 24.9. The van der Waals surface area contributed by atoms with E-state index in [0.29, 0.717) is 72.9 Å². The molecule has 0 aliphatic carbocycles. The summed E-state index contributed by atoms with van der Waals surface area (Å²) in [6.07, 6.45) is 3.81. The van der Waals surface area contributed by atoms with Crippen molar-refractivity contribution in [3.8, 4) is 17.2 Å². The van der Waals surface area contributed by atoms with E-state index in [-0.39, 0.29) is 53.6 Å². The van der Waals surface area contributed by atoms with Gasteiger partial charge in [0.05, 0.1) is 16.2 Å². The van der Waals surface area contributed by atoms with Crippen LogP contribution >= 0.6 is 0 Å². The van der Waals surface area contributed by atoms with Gasteiger partial charge in [-0.2, -0.15) is 0 Å². The zero-order valence-electron chi connectivity index (χ0n) is 43.6. The Labute approximate surface area is 442 Å². The van der Waals surface area contributed by atoms with Gasteiger partial charge in [0.15, 0.2) is 54.9 Å². The average molecular weight is 1090 g/mol. The molecule has 0 saturated carbocycles. The number of aromatic carboxylic acids is 3. The van der Waals surface area contributed by atoms with Crippen molar-refractivity contribution in [1.82, 2.24) is 28.7 Å². The molecule has 6 aliphatic rings. The number of carboxylic acid groups (broad SMARTS) is 3. The molecule has 3 aromatic heterocycles. The first-order valence-corrected chi connectivity index (χ1v) is 24.9. The van der Waals surface area contributed by atoms with Crippen molar-refractivity contribution in [2.24, 2.45) is 0 Å². The number of likely N-dealkylation sites (N-methyl/N-ethyl adjacent to an activating group) is 3. The van der Waals surface area contributed by atoms with Crippen molar-refractivity contribution in [2.45, 2.75) is 0 Å². The van der Waals surface area contributed by atoms with Crippen LogP contribution in [0, 0.1) is 17.5 Å². The molecule has 3 saturated heterocycles. The van der Waals surface area contributed by atoms with Gasteiger partial charge in [0.1, 0.15) is 50.3 Å². The van der Waals surface area contributed by atoms with E-state index in [0.717, 1.165) is 57.5 Å². The standard InChI is InChI=1S/3C17H19FN4O4/c3*1-19-3-5-21(6-4-19)14-12(18)7-10-13-16(14)26-9-20(2)22(13)8-11(15(10)23)17(24)25/h3*7-8H,3-6,9H2,1-2H3,(H,24,25). The van der Waals surface area contributed by atoms with Crippen LogP contribution < -0.4 is 60.2 Å². The van der Waals surface area contributed by atoms with Crippen LogP contribution in [0.1, 0.15) is 31.1 Å². The Bertz CT molecular complexity index is 3270. The molecule has 12 rings (SSSR count). The van der Waals surface area contributed by atoms with Crippen molar-refractivity contribution in [2.75, 3.05) is 171 Å². The lowest BCUT2D eigenvalue weighted by molar-refractivity contribution is 0.0683. The molecule has 0 atom stereocenters. The predicted octanol–water partition coefficient (Wildman–Crippen LogP) is 1.52. The highest BCUT2D eigenvalue weighted by atomic mass is 19.1. The first-order chi connectivity index (χ1) is 37.1. The number of hydrogen-bond acceptors (Lipinski definition) is 18. The highest BCUT2D eigenvalue weighted by Gasteiger charge is 2.34. The van der Waals surface area contributed by atoms with Crippen LogP contribution in [0.2, 0.25) is 0 Å². The number of aromatic nitrogens is 3. The first kappa shape index (κ1) is 53.0. The quantitative estimate of drug-likeness (QED) is 0.215. The summed E-state index contributed by atoms with van der Waals surface area (Å²) in [7, 11) is 11.1. The lowest BCUT2D eigenvalue weighted by atomic mass is 10.1. The van der Waals surface area contributed by atoms with E-state index in [1.807, 2.05) is 35.8 Å². The Hall–Kier alpha value is -8.43. The number of ether oxygens (including phenoxy) is 3. The Morgan fingerprint density at radius 1 is 0.410 bits per heavy atom. The predicted molar refractivity (Wildman–Crippen MR) is 283 cm³/mol. The van der Waals surface area contributed by atoms with E-state index in [9.17, 15) is 57.3 Å². The fourth-order valence-electron chi connectivity index (χ4n) is 10.5. The largest absolute Gasteiger partial charge is 0.477 e. The normalized spacial score (nSPS) is 17.5. The van der Waals surface area contributed by atoms with E-state index in [4.69, 9.17) is 14.2 Å². The van der Waals surface area contributed by atoms with Gasteiger partial charge in [0, 0.05) is 118 Å². The van der Waals surface area contributed by atoms with Crippen molar-refractivity contribution in [3.05, 3.63) is 102 Å². The summed E-state index contributed by atoms with van der Waals surface area (Å²) in [5, 5.41) is 32.8. The summed E-state index contributed by atoms with van der Waals surface area (Å²) >= 11 is 0. The number of carboxylic acids is 3. The molecule has 3 aromatic carbocycles. The topological polar surface area (TPSA) is 235 Å². The van der Waals surface area contributed by atoms with Crippen LogP contribution in [0.5, 0.6) is 17.2 Å². The summed E-state index contributed by atoms with van der Waals surface area (Å²) in [6.45, 7) is 8.97. The van der Waals surface area contributed by atoms with E-state index in [2.05, 4.69) is 14.7 Å². The van der Waals surface area contributed by atoms with E-state index < -0.39 is 68.3 Å². The Morgan fingerprint density at radius 3 is 0.859 bits per heavy atom. The molecule has 0 unspecified atom stereocenters. The van der Waals surface area contributed by atoms with Gasteiger partial charge in [-0.15, -0.1) is 0 Å². The molecule has 78 heavy (non-hydrogen) atoms. The van der Waals surface area contributed by atoms with Crippen LogP contribution in [0.4, 0.5) is 30.2 Å². The lowest BCUT2D eigenvalue weighted by Crippen LogP contribution is -2.46. The third-order valence-electron chi connectivity index (χ3n) is 14.9. The molecule has 6 aromatic rings. The molecular formula is C51H57F3N12O12. The zero-order valence-corrected chi connectivity index (χ0v) is 43.6. The second-order valence-electron chi connectivity index (χ2n) is 20.0. The number of halogens is 3. The second-order valence-corrected chi connectivity index (χ2v) is 20.0. The minimum atomic E-state index is -1.34. The van der Waals surface area contributed by atoms with Crippen LogP contribution in [-0.2, 0) is 0 Å². The molecule has 3 N–H and O–H groups in total. The molecule has 3 fully saturated rings. The molecule has 0 spiro atoms. The van der Waals surface area contributed by atoms with Crippen molar-refractivity contribution < 1.29 is 57.1 Å². The van der Waals surface area contributed by atoms with Gasteiger partial charge >= 0.3 is 17.9 Å². The molecule has 6 aliphatic heterocycles. The monoisotopic (exact) mass is 1090 g/mol. The SMILES string of the molecule is CN1CCN(c2c(F)cc3c(=O)c(C(=O)O)cn4c3c2OCN4C)CC1.CN1CCN(c2c(F)cc3c(=O)c(C(=O)O)cn4c3c2OCN4C)CC1.CN1CCN(c2c(F)cc3c(=O)c(C(=O)O)cn4c3c2OCN4C)CC1. The molecular weight excluding hydrogens is 1030 g/mol. The van der Waals surface area contributed by atoms with Crippen LogP contribution in [0.15, 0.2) is 51.2 Å². The molecule has 27 heteroatoms. The van der Waals surface area contributed by atoms with Crippen LogP contribution in [-0.4, -0.2) is 203 Å². The van der Waals surface area contributed by atoms with E-state index in [1.165, 1.54) is 18.6 Å². The van der Waals surface area contributed by atoms with Crippen LogP contribution in [0.25, 0.3) is 32.7 Å². The number of pyridine rings is 3. The zero-order chi connectivity index (χ0) is 55.8. The second kappa shape index (κ2) is 20.5. The van der Waals surface area contributed by atoms with Gasteiger partial charge < -0.3 is 58.9 Å². The molecule has 414 valence electrons. The maximum Gasteiger partial charge on any atom is 0.341 e. The number of carbonyl (C=O) groups is 3. The van der Waals surface area contributed by atoms with Gasteiger partial charge in [0.2, 0.25) is 16.3 Å². The number of piperazine rings is 3. The van der Waals surface area contributed by atoms with E-state index >= 15 is 0 Å².